The van der Waals surface area contributed by atoms with E-state index >= 15 is 0 Å². The molecule has 1 aromatic carbocycles. The molecule has 0 fully saturated rings. The number of imidazole rings is 1. The molecule has 3 aromatic rings. The smallest absolute Gasteiger partial charge is 0.166 e. The summed E-state index contributed by atoms with van der Waals surface area (Å²) in [7, 11) is 0. The van der Waals surface area contributed by atoms with Crippen LogP contribution in [0.3, 0.4) is 0 Å². The summed E-state index contributed by atoms with van der Waals surface area (Å²) in [5.74, 6) is 1.54. The van der Waals surface area contributed by atoms with Gasteiger partial charge in [0.1, 0.15) is 16.5 Å². The molecule has 3 rings (SSSR count). The van der Waals surface area contributed by atoms with E-state index < -0.39 is 0 Å². The van der Waals surface area contributed by atoms with Crippen LogP contribution in [0.15, 0.2) is 30.3 Å². The Morgan fingerprint density at radius 2 is 1.82 bits per heavy atom. The van der Waals surface area contributed by atoms with Gasteiger partial charge in [0.2, 0.25) is 0 Å². The first-order valence-electron chi connectivity index (χ1n) is 7.02. The Bertz CT molecular complexity index is 810. The zero-order chi connectivity index (χ0) is 15.7. The van der Waals surface area contributed by atoms with Gasteiger partial charge < -0.3 is 0 Å². The van der Waals surface area contributed by atoms with E-state index in [1.807, 2.05) is 16.7 Å². The number of rotatable bonds is 4. The van der Waals surface area contributed by atoms with Crippen molar-refractivity contribution in [2.45, 2.75) is 19.8 Å². The van der Waals surface area contributed by atoms with Crippen LogP contribution in [-0.2, 0) is 12.8 Å². The Hall–Kier alpha value is -1.29. The largest absolute Gasteiger partial charge is 0.281 e. The average Bonchev–Trinajstić information content (AvgIpc) is 2.86. The van der Waals surface area contributed by atoms with E-state index in [9.17, 15) is 0 Å². The zero-order valence-electron chi connectivity index (χ0n) is 12.0. The van der Waals surface area contributed by atoms with Crippen LogP contribution in [0.25, 0.3) is 16.9 Å². The van der Waals surface area contributed by atoms with Crippen LogP contribution in [0.4, 0.5) is 0 Å². The molecule has 0 atom stereocenters. The van der Waals surface area contributed by atoms with Crippen LogP contribution in [0.2, 0.25) is 10.2 Å². The second kappa shape index (κ2) is 6.45. The van der Waals surface area contributed by atoms with Crippen molar-refractivity contribution in [3.8, 4) is 5.69 Å². The number of nitrogens with zero attached hydrogens (tertiary/aromatic N) is 3. The maximum atomic E-state index is 6.07. The number of halogens is 3. The van der Waals surface area contributed by atoms with Crippen LogP contribution < -0.4 is 0 Å². The van der Waals surface area contributed by atoms with E-state index in [0.717, 1.165) is 35.5 Å². The molecule has 0 aliphatic carbocycles. The van der Waals surface area contributed by atoms with Gasteiger partial charge in [0, 0.05) is 18.0 Å². The second-order valence-corrected chi connectivity index (χ2v) is 6.07. The maximum Gasteiger partial charge on any atom is 0.166 e. The van der Waals surface area contributed by atoms with Crippen molar-refractivity contribution in [3.63, 3.8) is 0 Å². The number of pyridine rings is 1. The molecule has 0 aliphatic rings. The zero-order valence-corrected chi connectivity index (χ0v) is 14.3. The summed E-state index contributed by atoms with van der Waals surface area (Å²) >= 11 is 17.9. The Labute approximate surface area is 143 Å². The van der Waals surface area contributed by atoms with Crippen molar-refractivity contribution >= 4 is 46.0 Å². The minimum absolute atomic E-state index is 0.289. The molecule has 0 N–H and O–H groups in total. The number of hydrogen-bond donors (Lipinski definition) is 0. The molecule has 0 amide bonds. The minimum Gasteiger partial charge on any atom is -0.281 e. The highest BCUT2D eigenvalue weighted by Gasteiger charge is 2.14. The number of alkyl halides is 1. The third-order valence-electron chi connectivity index (χ3n) is 3.51. The van der Waals surface area contributed by atoms with Crippen LogP contribution in [-0.4, -0.2) is 20.4 Å². The quantitative estimate of drug-likeness (QED) is 0.483. The first-order valence-corrected chi connectivity index (χ1v) is 8.31. The normalized spacial score (nSPS) is 11.3. The van der Waals surface area contributed by atoms with Crippen LogP contribution >= 0.6 is 34.8 Å². The van der Waals surface area contributed by atoms with Gasteiger partial charge in [-0.25, -0.2) is 9.97 Å². The van der Waals surface area contributed by atoms with Crippen molar-refractivity contribution in [1.29, 1.82) is 0 Å². The van der Waals surface area contributed by atoms with Gasteiger partial charge in [-0.3, -0.25) is 4.57 Å². The highest BCUT2D eigenvalue weighted by Crippen LogP contribution is 2.27. The van der Waals surface area contributed by atoms with Crippen molar-refractivity contribution in [3.05, 3.63) is 51.9 Å². The van der Waals surface area contributed by atoms with Gasteiger partial charge in [-0.15, -0.1) is 11.6 Å². The van der Waals surface area contributed by atoms with E-state index in [0.29, 0.717) is 10.9 Å². The van der Waals surface area contributed by atoms with Gasteiger partial charge in [-0.1, -0.05) is 42.3 Å². The molecular formula is C16H14Cl3N3. The summed E-state index contributed by atoms with van der Waals surface area (Å²) in [6.45, 7) is 2.06. The summed E-state index contributed by atoms with van der Waals surface area (Å²) in [6.07, 6.45) is 1.64. The number of aromatic nitrogens is 3. The summed E-state index contributed by atoms with van der Waals surface area (Å²) in [4.78, 5) is 9.00. The van der Waals surface area contributed by atoms with E-state index in [2.05, 4.69) is 29.0 Å². The minimum atomic E-state index is 0.289. The number of fused-ring (bicyclic) bond motifs is 1. The molecule has 6 heteroatoms. The Balaban J connectivity index is 2.17. The van der Waals surface area contributed by atoms with E-state index in [1.54, 1.807) is 6.07 Å². The van der Waals surface area contributed by atoms with Gasteiger partial charge in [-0.2, -0.15) is 0 Å². The average molecular weight is 355 g/mol. The van der Waals surface area contributed by atoms with Gasteiger partial charge in [0.05, 0.1) is 5.02 Å². The fourth-order valence-corrected chi connectivity index (χ4v) is 2.93. The summed E-state index contributed by atoms with van der Waals surface area (Å²) in [6, 6.07) is 9.99. The maximum absolute atomic E-state index is 6.07. The first kappa shape index (κ1) is 15.6. The highest BCUT2D eigenvalue weighted by molar-refractivity contribution is 6.41. The number of aryl methyl sites for hydroxylation is 2. The molecule has 0 spiro atoms. The molecule has 0 saturated heterocycles. The van der Waals surface area contributed by atoms with Crippen LogP contribution in [0, 0.1) is 0 Å². The first-order chi connectivity index (χ1) is 10.6. The van der Waals surface area contributed by atoms with E-state index in [-0.39, 0.29) is 5.15 Å². The second-order valence-electron chi connectivity index (χ2n) is 4.93. The van der Waals surface area contributed by atoms with E-state index in [4.69, 9.17) is 34.8 Å². The van der Waals surface area contributed by atoms with Crippen molar-refractivity contribution in [1.82, 2.24) is 14.5 Å². The monoisotopic (exact) mass is 353 g/mol. The van der Waals surface area contributed by atoms with Crippen molar-refractivity contribution in [2.75, 3.05) is 5.88 Å². The predicted molar refractivity (Wildman–Crippen MR) is 92.7 cm³/mol. The molecule has 22 heavy (non-hydrogen) atoms. The molecule has 0 aliphatic heterocycles. The Morgan fingerprint density at radius 1 is 1.09 bits per heavy atom. The lowest BCUT2D eigenvalue weighted by Gasteiger charge is -2.09. The third kappa shape index (κ3) is 2.81. The summed E-state index contributed by atoms with van der Waals surface area (Å²) in [5.41, 5.74) is 3.67. The van der Waals surface area contributed by atoms with Gasteiger partial charge in [-0.05, 0) is 30.2 Å². The Morgan fingerprint density at radius 3 is 2.45 bits per heavy atom. The molecular weight excluding hydrogens is 341 g/mol. The number of benzene rings is 1. The molecule has 0 bridgehead atoms. The molecule has 2 heterocycles. The lowest BCUT2D eigenvalue weighted by molar-refractivity contribution is 0.900. The lowest BCUT2D eigenvalue weighted by atomic mass is 10.1. The molecule has 114 valence electrons. The molecule has 3 nitrogen and oxygen atoms in total. The standard InChI is InChI=1S/C16H14Cl3N3/c1-2-14-20-13-9-12(18)15(19)21-16(13)22(14)11-5-3-10(4-6-11)7-8-17/h3-6,9H,2,7-8H2,1H3. The molecule has 2 aromatic heterocycles. The summed E-state index contributed by atoms with van der Waals surface area (Å²) < 4.78 is 2.02. The van der Waals surface area contributed by atoms with Crippen molar-refractivity contribution in [2.24, 2.45) is 0 Å². The van der Waals surface area contributed by atoms with Gasteiger partial charge >= 0.3 is 0 Å². The fraction of sp³-hybridized carbons (Fsp3) is 0.250. The highest BCUT2D eigenvalue weighted by atomic mass is 35.5. The van der Waals surface area contributed by atoms with Crippen LogP contribution in [0.5, 0.6) is 0 Å². The molecule has 0 radical (unpaired) electrons. The SMILES string of the molecule is CCc1nc2cc(Cl)c(Cl)nc2n1-c1ccc(CCCl)cc1. The van der Waals surface area contributed by atoms with Crippen molar-refractivity contribution < 1.29 is 0 Å². The van der Waals surface area contributed by atoms with Gasteiger partial charge in [0.15, 0.2) is 5.65 Å². The predicted octanol–water partition coefficient (Wildman–Crippen LogP) is 5.07. The molecule has 0 unspecified atom stereocenters. The van der Waals surface area contributed by atoms with E-state index in [1.165, 1.54) is 5.56 Å². The summed E-state index contributed by atoms with van der Waals surface area (Å²) in [5, 5.41) is 0.704. The molecule has 0 saturated carbocycles. The van der Waals surface area contributed by atoms with Gasteiger partial charge in [0.25, 0.3) is 0 Å². The van der Waals surface area contributed by atoms with Crippen LogP contribution in [0.1, 0.15) is 18.3 Å². The Kier molecular flexibility index (Phi) is 4.57. The third-order valence-corrected chi connectivity index (χ3v) is 4.37. The topological polar surface area (TPSA) is 30.7 Å². The fourth-order valence-electron chi connectivity index (χ4n) is 2.44. The lowest BCUT2D eigenvalue weighted by Crippen LogP contribution is -2.01. The number of hydrogen-bond acceptors (Lipinski definition) is 2.